The van der Waals surface area contributed by atoms with Crippen molar-refractivity contribution >= 4 is 45.9 Å². The number of nitrogens with one attached hydrogen (secondary N) is 1. The van der Waals surface area contributed by atoms with Crippen LogP contribution in [-0.2, 0) is 4.79 Å². The van der Waals surface area contributed by atoms with E-state index in [0.29, 0.717) is 10.7 Å². The second kappa shape index (κ2) is 7.02. The molecule has 5 heteroatoms. The van der Waals surface area contributed by atoms with Crippen LogP contribution >= 0.6 is 23.4 Å². The number of nitrogens with zero attached hydrogens (tertiary/aromatic N) is 1. The number of hydrogen-bond donors (Lipinski definition) is 1. The van der Waals surface area contributed by atoms with Crippen LogP contribution in [0, 0.1) is 0 Å². The molecule has 2 aromatic carbocycles. The highest BCUT2D eigenvalue weighted by Gasteiger charge is 2.15. The van der Waals surface area contributed by atoms with E-state index in [-0.39, 0.29) is 11.2 Å². The fourth-order valence-corrected chi connectivity index (χ4v) is 3.17. The van der Waals surface area contributed by atoms with Crippen molar-refractivity contribution < 1.29 is 4.79 Å². The van der Waals surface area contributed by atoms with Crippen molar-refractivity contribution in [1.29, 1.82) is 0 Å². The molecule has 23 heavy (non-hydrogen) atoms. The third kappa shape index (κ3) is 4.03. The van der Waals surface area contributed by atoms with Crippen LogP contribution in [0.4, 0.5) is 5.69 Å². The number of rotatable bonds is 4. The molecule has 0 saturated carbocycles. The first-order valence-corrected chi connectivity index (χ1v) is 8.46. The molecule has 0 fully saturated rings. The lowest BCUT2D eigenvalue weighted by molar-refractivity contribution is -0.115. The molecule has 0 spiro atoms. The van der Waals surface area contributed by atoms with Gasteiger partial charge in [-0.15, -0.1) is 0 Å². The number of benzene rings is 2. The first-order valence-electron chi connectivity index (χ1n) is 7.21. The minimum absolute atomic E-state index is 0.0766. The van der Waals surface area contributed by atoms with Gasteiger partial charge >= 0.3 is 0 Å². The summed E-state index contributed by atoms with van der Waals surface area (Å²) in [6, 6.07) is 19.0. The Kier molecular flexibility index (Phi) is 4.84. The monoisotopic (exact) mass is 342 g/mol. The normalized spacial score (nSPS) is 12.1. The van der Waals surface area contributed by atoms with Crippen molar-refractivity contribution in [3.63, 3.8) is 0 Å². The minimum atomic E-state index is -0.261. The van der Waals surface area contributed by atoms with Crippen LogP contribution in [0.3, 0.4) is 0 Å². The second-order valence-corrected chi connectivity index (χ2v) is 6.90. The Morgan fingerprint density at radius 3 is 2.78 bits per heavy atom. The first kappa shape index (κ1) is 15.8. The van der Waals surface area contributed by atoms with E-state index in [2.05, 4.69) is 10.3 Å². The molecule has 3 nitrogen and oxygen atoms in total. The molecule has 116 valence electrons. The Balaban J connectivity index is 1.69. The molecule has 0 saturated heterocycles. The molecular formula is C18H15ClN2OS. The number of aromatic nitrogens is 1. The van der Waals surface area contributed by atoms with Crippen molar-refractivity contribution in [1.82, 2.24) is 4.98 Å². The number of fused-ring (bicyclic) bond motifs is 1. The predicted octanol–water partition coefficient (Wildman–Crippen LogP) is 5.01. The maximum atomic E-state index is 12.3. The molecule has 3 rings (SSSR count). The average molecular weight is 343 g/mol. The highest BCUT2D eigenvalue weighted by molar-refractivity contribution is 8.00. The van der Waals surface area contributed by atoms with Gasteiger partial charge in [-0.3, -0.25) is 4.79 Å². The molecule has 0 aliphatic heterocycles. The third-order valence-corrected chi connectivity index (χ3v) is 4.60. The highest BCUT2D eigenvalue weighted by Crippen LogP contribution is 2.25. The second-order valence-electron chi connectivity index (χ2n) is 5.10. The van der Waals surface area contributed by atoms with Gasteiger partial charge in [0.2, 0.25) is 5.91 Å². The number of thioether (sulfide) groups is 1. The number of pyridine rings is 1. The van der Waals surface area contributed by atoms with E-state index in [4.69, 9.17) is 11.6 Å². The van der Waals surface area contributed by atoms with Gasteiger partial charge in [-0.25, -0.2) is 4.98 Å². The summed E-state index contributed by atoms with van der Waals surface area (Å²) >= 11 is 7.36. The number of carbonyl (C=O) groups excluding carboxylic acids is 1. The number of halogens is 1. The Morgan fingerprint density at radius 1 is 1.13 bits per heavy atom. The van der Waals surface area contributed by atoms with Gasteiger partial charge in [0.1, 0.15) is 0 Å². The summed E-state index contributed by atoms with van der Waals surface area (Å²) in [4.78, 5) is 16.9. The number of para-hydroxylation sites is 1. The molecule has 1 aromatic heterocycles. The van der Waals surface area contributed by atoms with Crippen LogP contribution in [0.1, 0.15) is 6.92 Å². The fourth-order valence-electron chi connectivity index (χ4n) is 2.16. The highest BCUT2D eigenvalue weighted by atomic mass is 35.5. The van der Waals surface area contributed by atoms with Crippen LogP contribution < -0.4 is 5.32 Å². The molecule has 3 aromatic rings. The maximum absolute atomic E-state index is 12.3. The average Bonchev–Trinajstić information content (AvgIpc) is 2.54. The number of hydrogen-bond acceptors (Lipinski definition) is 3. The molecule has 0 unspecified atom stereocenters. The van der Waals surface area contributed by atoms with Crippen LogP contribution in [0.2, 0.25) is 5.02 Å². The molecule has 1 N–H and O–H groups in total. The van der Waals surface area contributed by atoms with Crippen LogP contribution in [-0.4, -0.2) is 16.1 Å². The van der Waals surface area contributed by atoms with Gasteiger partial charge in [-0.2, -0.15) is 0 Å². The minimum Gasteiger partial charge on any atom is -0.325 e. The Labute approximate surface area is 144 Å². The summed E-state index contributed by atoms with van der Waals surface area (Å²) in [5.74, 6) is -0.0766. The van der Waals surface area contributed by atoms with E-state index in [1.54, 1.807) is 18.2 Å². The van der Waals surface area contributed by atoms with Crippen molar-refractivity contribution in [2.45, 2.75) is 17.2 Å². The van der Waals surface area contributed by atoms with Gasteiger partial charge in [0.25, 0.3) is 0 Å². The Morgan fingerprint density at radius 2 is 1.96 bits per heavy atom. The molecule has 1 heterocycles. The van der Waals surface area contributed by atoms with Gasteiger partial charge in [0.15, 0.2) is 0 Å². The van der Waals surface area contributed by atoms with E-state index >= 15 is 0 Å². The first-order chi connectivity index (χ1) is 11.1. The van der Waals surface area contributed by atoms with E-state index in [0.717, 1.165) is 15.9 Å². The molecule has 0 radical (unpaired) electrons. The van der Waals surface area contributed by atoms with Crippen LogP contribution in [0.5, 0.6) is 0 Å². The smallest absolute Gasteiger partial charge is 0.237 e. The summed E-state index contributed by atoms with van der Waals surface area (Å²) in [6.45, 7) is 1.86. The molecule has 0 aliphatic rings. The van der Waals surface area contributed by atoms with Crippen molar-refractivity contribution in [2.24, 2.45) is 0 Å². The molecule has 1 atom stereocenters. The lowest BCUT2D eigenvalue weighted by atomic mass is 10.2. The molecule has 1 amide bonds. The van der Waals surface area contributed by atoms with Gasteiger partial charge in [0.05, 0.1) is 15.8 Å². The summed E-state index contributed by atoms with van der Waals surface area (Å²) in [6.07, 6.45) is 0. The number of carbonyl (C=O) groups is 1. The molecule has 0 aliphatic carbocycles. The largest absolute Gasteiger partial charge is 0.325 e. The van der Waals surface area contributed by atoms with Crippen molar-refractivity contribution in [3.8, 4) is 0 Å². The van der Waals surface area contributed by atoms with Crippen LogP contribution in [0.25, 0.3) is 10.9 Å². The van der Waals surface area contributed by atoms with E-state index in [1.165, 1.54) is 11.8 Å². The summed E-state index contributed by atoms with van der Waals surface area (Å²) in [7, 11) is 0. The van der Waals surface area contributed by atoms with E-state index in [1.807, 2.05) is 49.4 Å². The summed E-state index contributed by atoms with van der Waals surface area (Å²) < 4.78 is 0. The number of amides is 1. The molecule has 0 bridgehead atoms. The Bertz CT molecular complexity index is 853. The zero-order valence-electron chi connectivity index (χ0n) is 12.5. The standard InChI is InChI=1S/C18H15ClN2OS/c1-12(18(22)20-15-7-4-6-14(19)11-15)23-17-10-9-13-5-2-3-8-16(13)21-17/h2-12H,1H3,(H,20,22)/t12-/m1/s1. The Hall–Kier alpha value is -2.04. The SMILES string of the molecule is C[C@@H](Sc1ccc2ccccc2n1)C(=O)Nc1cccc(Cl)c1. The van der Waals surface area contributed by atoms with E-state index in [9.17, 15) is 4.79 Å². The topological polar surface area (TPSA) is 42.0 Å². The van der Waals surface area contributed by atoms with Crippen molar-refractivity contribution in [2.75, 3.05) is 5.32 Å². The number of anilines is 1. The van der Waals surface area contributed by atoms with Gasteiger partial charge in [0, 0.05) is 16.1 Å². The molecular weight excluding hydrogens is 328 g/mol. The van der Waals surface area contributed by atoms with E-state index < -0.39 is 0 Å². The van der Waals surface area contributed by atoms with Gasteiger partial charge in [-0.05, 0) is 37.3 Å². The van der Waals surface area contributed by atoms with Gasteiger partial charge in [-0.1, -0.05) is 53.7 Å². The summed E-state index contributed by atoms with van der Waals surface area (Å²) in [5.41, 5.74) is 1.63. The zero-order chi connectivity index (χ0) is 16.2. The zero-order valence-corrected chi connectivity index (χ0v) is 14.1. The quantitative estimate of drug-likeness (QED) is 0.678. The predicted molar refractivity (Wildman–Crippen MR) is 97.1 cm³/mol. The van der Waals surface area contributed by atoms with Crippen molar-refractivity contribution in [3.05, 3.63) is 65.7 Å². The fraction of sp³-hybridized carbons (Fsp3) is 0.111. The van der Waals surface area contributed by atoms with Gasteiger partial charge < -0.3 is 5.32 Å². The third-order valence-electron chi connectivity index (χ3n) is 3.33. The maximum Gasteiger partial charge on any atom is 0.237 e. The summed E-state index contributed by atoms with van der Waals surface area (Å²) in [5, 5.41) is 5.12. The van der Waals surface area contributed by atoms with Crippen LogP contribution in [0.15, 0.2) is 65.7 Å². The lowest BCUT2D eigenvalue weighted by Gasteiger charge is -2.12. The lowest BCUT2D eigenvalue weighted by Crippen LogP contribution is -2.22.